The third-order valence-corrected chi connectivity index (χ3v) is 3.08. The minimum Gasteiger partial charge on any atom is -0.454 e. The Kier molecular flexibility index (Phi) is 1.97. The van der Waals surface area contributed by atoms with Crippen LogP contribution in [0.1, 0.15) is 16.2 Å². The number of rotatable bonds is 2. The van der Waals surface area contributed by atoms with Crippen LogP contribution in [-0.4, -0.2) is 17.6 Å². The molecule has 19 heavy (non-hydrogen) atoms. The molecule has 5 nitrogen and oxygen atoms in total. The number of carbonyl (C=O) groups is 1. The van der Waals surface area contributed by atoms with Crippen molar-refractivity contribution in [2.75, 3.05) is 6.79 Å². The normalized spacial score (nSPS) is 13.1. The lowest BCUT2D eigenvalue weighted by atomic mass is 10.2. The molecule has 0 aliphatic carbocycles. The number of aromatic nitrogens is 1. The molecular weight excluding hydrogens is 246 g/mol. The highest BCUT2D eigenvalue weighted by atomic mass is 16.7. The highest BCUT2D eigenvalue weighted by molar-refractivity contribution is 6.08. The van der Waals surface area contributed by atoms with Crippen molar-refractivity contribution in [1.29, 1.82) is 0 Å². The number of ether oxygens (including phenoxy) is 2. The zero-order valence-corrected chi connectivity index (χ0v) is 9.80. The topological polar surface area (TPSA) is 64.5 Å². The second-order valence-corrected chi connectivity index (χ2v) is 4.27. The summed E-state index contributed by atoms with van der Waals surface area (Å²) in [5.41, 5.74) is 1.11. The van der Waals surface area contributed by atoms with E-state index in [1.54, 1.807) is 30.5 Å². The van der Waals surface area contributed by atoms with Gasteiger partial charge in [0, 0.05) is 17.6 Å². The molecule has 1 aliphatic rings. The minimum absolute atomic E-state index is 0.178. The molecule has 0 fully saturated rings. The van der Waals surface area contributed by atoms with Gasteiger partial charge in [-0.2, -0.15) is 0 Å². The smallest absolute Gasteiger partial charge is 0.244 e. The second-order valence-electron chi connectivity index (χ2n) is 4.27. The number of benzene rings is 1. The zero-order valence-electron chi connectivity index (χ0n) is 9.80. The van der Waals surface area contributed by atoms with Crippen molar-refractivity contribution in [2.24, 2.45) is 0 Å². The molecule has 1 aliphatic heterocycles. The molecular formula is C14H9NO4. The fourth-order valence-corrected chi connectivity index (χ4v) is 2.15. The Morgan fingerprint density at radius 2 is 2.00 bits per heavy atom. The van der Waals surface area contributed by atoms with Gasteiger partial charge >= 0.3 is 0 Å². The summed E-state index contributed by atoms with van der Waals surface area (Å²) in [7, 11) is 0. The summed E-state index contributed by atoms with van der Waals surface area (Å²) in [4.78, 5) is 15.0. The van der Waals surface area contributed by atoms with E-state index in [1.807, 2.05) is 6.07 Å². The standard InChI is InChI=1S/C14H9NO4/c16-14(9-2-1-3-15-9)13-5-8-4-11-12(18-7-17-11)6-10(8)19-13/h1-6,15H,7H2. The first kappa shape index (κ1) is 10.3. The Bertz CT molecular complexity index is 729. The van der Waals surface area contributed by atoms with Crippen LogP contribution in [-0.2, 0) is 0 Å². The average Bonchev–Trinajstić information content (AvgIpc) is 3.13. The molecule has 94 valence electrons. The molecule has 0 radical (unpaired) electrons. The van der Waals surface area contributed by atoms with Crippen LogP contribution in [0.25, 0.3) is 11.0 Å². The molecule has 0 bridgehead atoms. The number of carbonyl (C=O) groups excluding carboxylic acids is 1. The van der Waals surface area contributed by atoms with Crippen molar-refractivity contribution < 1.29 is 18.7 Å². The molecule has 2 aromatic heterocycles. The first-order valence-corrected chi connectivity index (χ1v) is 5.82. The van der Waals surface area contributed by atoms with Gasteiger partial charge in [0.2, 0.25) is 12.6 Å². The Morgan fingerprint density at radius 3 is 2.79 bits per heavy atom. The van der Waals surface area contributed by atoms with E-state index in [9.17, 15) is 4.79 Å². The van der Waals surface area contributed by atoms with Gasteiger partial charge in [0.25, 0.3) is 0 Å². The van der Waals surface area contributed by atoms with Crippen LogP contribution >= 0.6 is 0 Å². The summed E-state index contributed by atoms with van der Waals surface area (Å²) < 4.78 is 16.1. The molecule has 3 aromatic rings. The Morgan fingerprint density at radius 1 is 1.16 bits per heavy atom. The van der Waals surface area contributed by atoms with Crippen LogP contribution in [0.4, 0.5) is 0 Å². The average molecular weight is 255 g/mol. The van der Waals surface area contributed by atoms with E-state index in [0.717, 1.165) is 5.39 Å². The number of hydrogen-bond donors (Lipinski definition) is 1. The predicted molar refractivity (Wildman–Crippen MR) is 66.6 cm³/mol. The van der Waals surface area contributed by atoms with Gasteiger partial charge in [-0.1, -0.05) is 0 Å². The van der Waals surface area contributed by atoms with E-state index in [4.69, 9.17) is 13.9 Å². The lowest BCUT2D eigenvalue weighted by Gasteiger charge is -1.94. The third kappa shape index (κ3) is 1.52. The fraction of sp³-hybridized carbons (Fsp3) is 0.0714. The van der Waals surface area contributed by atoms with E-state index < -0.39 is 0 Å². The lowest BCUT2D eigenvalue weighted by Crippen LogP contribution is -1.99. The number of ketones is 1. The molecule has 4 rings (SSSR count). The number of hydrogen-bond acceptors (Lipinski definition) is 4. The molecule has 5 heteroatoms. The molecule has 0 saturated heterocycles. The fourth-order valence-electron chi connectivity index (χ4n) is 2.15. The van der Waals surface area contributed by atoms with E-state index >= 15 is 0 Å². The van der Waals surface area contributed by atoms with E-state index in [1.165, 1.54) is 0 Å². The number of H-pyrrole nitrogens is 1. The number of furan rings is 1. The first-order valence-electron chi connectivity index (χ1n) is 5.82. The van der Waals surface area contributed by atoms with Crippen molar-refractivity contribution >= 4 is 16.8 Å². The van der Waals surface area contributed by atoms with Crippen LogP contribution < -0.4 is 9.47 Å². The van der Waals surface area contributed by atoms with Gasteiger partial charge in [0.05, 0.1) is 5.69 Å². The van der Waals surface area contributed by atoms with Crippen LogP contribution in [0.5, 0.6) is 11.5 Å². The van der Waals surface area contributed by atoms with Gasteiger partial charge in [0.1, 0.15) is 5.58 Å². The Balaban J connectivity index is 1.82. The largest absolute Gasteiger partial charge is 0.454 e. The monoisotopic (exact) mass is 255 g/mol. The number of aromatic amines is 1. The molecule has 0 atom stereocenters. The maximum absolute atomic E-state index is 12.1. The summed E-state index contributed by atoms with van der Waals surface area (Å²) in [6.07, 6.45) is 1.70. The van der Waals surface area contributed by atoms with E-state index in [2.05, 4.69) is 4.98 Å². The van der Waals surface area contributed by atoms with Crippen molar-refractivity contribution in [2.45, 2.75) is 0 Å². The van der Waals surface area contributed by atoms with Crippen molar-refractivity contribution in [3.05, 3.63) is 48.0 Å². The van der Waals surface area contributed by atoms with Crippen LogP contribution in [0.2, 0.25) is 0 Å². The van der Waals surface area contributed by atoms with Gasteiger partial charge < -0.3 is 18.9 Å². The Labute approximate surface area is 107 Å². The van der Waals surface area contributed by atoms with Gasteiger partial charge in [-0.15, -0.1) is 0 Å². The summed E-state index contributed by atoms with van der Waals surface area (Å²) in [6.45, 7) is 0.218. The van der Waals surface area contributed by atoms with E-state index in [0.29, 0.717) is 28.5 Å². The van der Waals surface area contributed by atoms with Crippen molar-refractivity contribution in [3.8, 4) is 11.5 Å². The summed E-state index contributed by atoms with van der Waals surface area (Å²) in [6, 6.07) is 8.74. The maximum Gasteiger partial charge on any atom is 0.244 e. The number of nitrogens with one attached hydrogen (secondary N) is 1. The second kappa shape index (κ2) is 3.65. The van der Waals surface area contributed by atoms with Crippen molar-refractivity contribution in [3.63, 3.8) is 0 Å². The van der Waals surface area contributed by atoms with Crippen LogP contribution in [0.15, 0.2) is 40.9 Å². The van der Waals surface area contributed by atoms with E-state index in [-0.39, 0.29) is 12.6 Å². The molecule has 0 unspecified atom stereocenters. The third-order valence-electron chi connectivity index (χ3n) is 3.08. The molecule has 1 aromatic carbocycles. The molecule has 0 amide bonds. The van der Waals surface area contributed by atoms with Gasteiger partial charge in [0.15, 0.2) is 17.3 Å². The molecule has 1 N–H and O–H groups in total. The highest BCUT2D eigenvalue weighted by Crippen LogP contribution is 2.37. The maximum atomic E-state index is 12.1. The van der Waals surface area contributed by atoms with Crippen LogP contribution in [0, 0.1) is 0 Å². The van der Waals surface area contributed by atoms with Gasteiger partial charge in [-0.25, -0.2) is 0 Å². The zero-order chi connectivity index (χ0) is 12.8. The lowest BCUT2D eigenvalue weighted by molar-refractivity contribution is 0.101. The predicted octanol–water partition coefficient (Wildman–Crippen LogP) is 2.72. The Hall–Kier alpha value is -2.69. The summed E-state index contributed by atoms with van der Waals surface area (Å²) >= 11 is 0. The molecule has 0 saturated carbocycles. The van der Waals surface area contributed by atoms with Crippen molar-refractivity contribution in [1.82, 2.24) is 4.98 Å². The molecule has 0 spiro atoms. The minimum atomic E-state index is -0.178. The van der Waals surface area contributed by atoms with Gasteiger partial charge in [-0.3, -0.25) is 4.79 Å². The van der Waals surface area contributed by atoms with Gasteiger partial charge in [-0.05, 0) is 24.3 Å². The first-order chi connectivity index (χ1) is 9.31. The SMILES string of the molecule is O=C(c1ccc[nH]1)c1cc2cc3c(cc2o1)OCO3. The quantitative estimate of drug-likeness (QED) is 0.715. The number of fused-ring (bicyclic) bond motifs is 2. The summed E-state index contributed by atoms with van der Waals surface area (Å²) in [5.74, 6) is 1.43. The summed E-state index contributed by atoms with van der Waals surface area (Å²) in [5, 5.41) is 0.819. The van der Waals surface area contributed by atoms with Crippen LogP contribution in [0.3, 0.4) is 0 Å². The molecule has 3 heterocycles. The highest BCUT2D eigenvalue weighted by Gasteiger charge is 2.19.